The number of fused-ring (bicyclic) bond motifs is 1. The van der Waals surface area contributed by atoms with Crippen molar-refractivity contribution in [3.63, 3.8) is 0 Å². The van der Waals surface area contributed by atoms with E-state index < -0.39 is 17.9 Å². The summed E-state index contributed by atoms with van der Waals surface area (Å²) >= 11 is 0. The molecule has 4 N–H and O–H groups in total. The number of aromatic nitrogens is 2. The predicted octanol–water partition coefficient (Wildman–Crippen LogP) is 1.62. The van der Waals surface area contributed by atoms with Crippen molar-refractivity contribution in [3.05, 3.63) is 63.6 Å². The third-order valence-corrected chi connectivity index (χ3v) is 7.42. The molecule has 2 aliphatic rings. The van der Waals surface area contributed by atoms with Crippen LogP contribution in [0.4, 0.5) is 5.69 Å². The number of hydrogen-bond acceptors (Lipinski definition) is 6. The average Bonchev–Trinajstić information content (AvgIpc) is 3.13. The molecule has 2 fully saturated rings. The van der Waals surface area contributed by atoms with Crippen molar-refractivity contribution in [3.8, 4) is 0 Å². The van der Waals surface area contributed by atoms with Gasteiger partial charge in [0.2, 0.25) is 11.8 Å². The Kier molecular flexibility index (Phi) is 6.06. The van der Waals surface area contributed by atoms with Crippen molar-refractivity contribution in [1.29, 1.82) is 0 Å². The number of nitrogens with two attached hydrogens (primary N) is 1. The molecule has 1 unspecified atom stereocenters. The van der Waals surface area contributed by atoms with E-state index in [1.54, 1.807) is 11.9 Å². The van der Waals surface area contributed by atoms with E-state index in [9.17, 15) is 29.1 Å². The fourth-order valence-electron chi connectivity index (χ4n) is 5.34. The van der Waals surface area contributed by atoms with Gasteiger partial charge in [0, 0.05) is 37.8 Å². The average molecular weight is 506 g/mol. The molecule has 3 heterocycles. The maximum Gasteiger partial charge on any atom is 0.337 e. The lowest BCUT2D eigenvalue weighted by atomic mass is 9.89. The molecule has 192 valence electrons. The molecule has 37 heavy (non-hydrogen) atoms. The van der Waals surface area contributed by atoms with E-state index in [0.29, 0.717) is 37.0 Å². The third-order valence-electron chi connectivity index (χ3n) is 7.42. The highest BCUT2D eigenvalue weighted by atomic mass is 16.4. The minimum absolute atomic E-state index is 0.0936. The number of imidazole rings is 1. The zero-order valence-electron chi connectivity index (χ0n) is 20.3. The van der Waals surface area contributed by atoms with E-state index in [1.807, 2.05) is 18.2 Å². The number of nitrogens with one attached hydrogen (secondary N) is 1. The Bertz CT molecular complexity index is 1510. The van der Waals surface area contributed by atoms with Gasteiger partial charge < -0.3 is 15.7 Å². The van der Waals surface area contributed by atoms with Crippen LogP contribution in [0.5, 0.6) is 0 Å². The van der Waals surface area contributed by atoms with Gasteiger partial charge >= 0.3 is 11.7 Å². The molecule has 1 atom stereocenters. The minimum Gasteiger partial charge on any atom is -0.478 e. The largest absolute Gasteiger partial charge is 0.478 e. The van der Waals surface area contributed by atoms with Gasteiger partial charge in [-0.1, -0.05) is 6.07 Å². The smallest absolute Gasteiger partial charge is 0.337 e. The molecule has 11 nitrogen and oxygen atoms in total. The molecule has 0 spiro atoms. The number of likely N-dealkylation sites (tertiary alicyclic amines) is 1. The van der Waals surface area contributed by atoms with E-state index in [0.717, 1.165) is 5.56 Å². The number of aromatic carboxylic acids is 1. The van der Waals surface area contributed by atoms with Gasteiger partial charge in [0.05, 0.1) is 16.6 Å². The van der Waals surface area contributed by atoms with Crippen LogP contribution in [0.2, 0.25) is 0 Å². The highest BCUT2D eigenvalue weighted by molar-refractivity contribution is 6.01. The molecule has 3 amide bonds. The molecule has 0 saturated carbocycles. The molecule has 0 aliphatic carbocycles. The number of rotatable bonds is 4. The Morgan fingerprint density at radius 1 is 1.00 bits per heavy atom. The van der Waals surface area contributed by atoms with Crippen LogP contribution in [-0.4, -0.2) is 55.9 Å². The number of imide groups is 1. The lowest BCUT2D eigenvalue weighted by Crippen LogP contribution is -2.44. The first-order chi connectivity index (χ1) is 17.7. The Balaban J connectivity index is 1.34. The van der Waals surface area contributed by atoms with Crippen LogP contribution in [0.1, 0.15) is 63.9 Å². The van der Waals surface area contributed by atoms with Gasteiger partial charge in [-0.05, 0) is 61.1 Å². The summed E-state index contributed by atoms with van der Waals surface area (Å²) in [6.45, 7) is 1.01. The van der Waals surface area contributed by atoms with Gasteiger partial charge in [0.15, 0.2) is 0 Å². The maximum absolute atomic E-state index is 13.0. The molecule has 11 heteroatoms. The van der Waals surface area contributed by atoms with Gasteiger partial charge in [-0.3, -0.25) is 28.8 Å². The van der Waals surface area contributed by atoms with Crippen molar-refractivity contribution in [2.75, 3.05) is 18.8 Å². The van der Waals surface area contributed by atoms with Gasteiger partial charge in [-0.15, -0.1) is 0 Å². The van der Waals surface area contributed by atoms with E-state index >= 15 is 0 Å². The maximum atomic E-state index is 13.0. The van der Waals surface area contributed by atoms with Gasteiger partial charge in [-0.2, -0.15) is 0 Å². The fraction of sp³-hybridized carbons (Fsp3) is 0.346. The molecule has 0 bridgehead atoms. The van der Waals surface area contributed by atoms with E-state index in [-0.39, 0.29) is 53.1 Å². The van der Waals surface area contributed by atoms with E-state index in [2.05, 4.69) is 5.32 Å². The Hall–Kier alpha value is -4.41. The lowest BCUT2D eigenvalue weighted by Gasteiger charge is -2.32. The second kappa shape index (κ2) is 9.23. The summed E-state index contributed by atoms with van der Waals surface area (Å²) in [7, 11) is 1.66. The standard InChI is InChI=1S/C26H27N5O6/c1-29-21-13-15(3-5-19(21)31(26(29)37)20-6-7-22(32)28-23(20)33)14-8-10-30(11-9-14)24(34)16-2-4-18(27)17(12-16)25(35)36/h2-5,12-14,20H,6-11,27H2,1H3,(H,35,36)(H,28,32,33). The van der Waals surface area contributed by atoms with E-state index in [1.165, 1.54) is 27.3 Å². The molecule has 2 aromatic carbocycles. The monoisotopic (exact) mass is 505 g/mol. The number of benzene rings is 2. The predicted molar refractivity (Wildman–Crippen MR) is 134 cm³/mol. The first kappa shape index (κ1) is 24.3. The summed E-state index contributed by atoms with van der Waals surface area (Å²) < 4.78 is 2.97. The minimum atomic E-state index is -1.18. The second-order valence-electron chi connectivity index (χ2n) is 9.60. The molecular weight excluding hydrogens is 478 g/mol. The van der Waals surface area contributed by atoms with Crippen LogP contribution in [0.3, 0.4) is 0 Å². The zero-order valence-corrected chi connectivity index (χ0v) is 20.3. The van der Waals surface area contributed by atoms with Crippen LogP contribution in [0.15, 0.2) is 41.2 Å². The molecule has 1 aromatic heterocycles. The lowest BCUT2D eigenvalue weighted by molar-refractivity contribution is -0.135. The number of piperidine rings is 2. The summed E-state index contributed by atoms with van der Waals surface area (Å²) in [6.07, 6.45) is 1.88. The second-order valence-corrected chi connectivity index (χ2v) is 9.60. The summed E-state index contributed by atoms with van der Waals surface area (Å²) in [4.78, 5) is 63.0. The highest BCUT2D eigenvalue weighted by Crippen LogP contribution is 2.32. The number of carbonyl (C=O) groups excluding carboxylic acids is 3. The number of carbonyl (C=O) groups is 4. The van der Waals surface area contributed by atoms with Gasteiger partial charge in [0.1, 0.15) is 6.04 Å². The van der Waals surface area contributed by atoms with Crippen molar-refractivity contribution in [2.24, 2.45) is 7.05 Å². The van der Waals surface area contributed by atoms with Gasteiger partial charge in [-0.25, -0.2) is 9.59 Å². The molecular formula is C26H27N5O6. The number of nitrogens with zero attached hydrogens (tertiary/aromatic N) is 3. The number of anilines is 1. The molecule has 3 aromatic rings. The van der Waals surface area contributed by atoms with Crippen molar-refractivity contribution >= 4 is 40.4 Å². The zero-order chi connectivity index (χ0) is 26.4. The molecule has 5 rings (SSSR count). The Labute approximate surface area is 211 Å². The van der Waals surface area contributed by atoms with Crippen LogP contribution in [0, 0.1) is 0 Å². The van der Waals surface area contributed by atoms with Crippen LogP contribution >= 0.6 is 0 Å². The number of amides is 3. The van der Waals surface area contributed by atoms with Crippen molar-refractivity contribution < 1.29 is 24.3 Å². The topological polar surface area (TPSA) is 157 Å². The Morgan fingerprint density at radius 3 is 2.41 bits per heavy atom. The van der Waals surface area contributed by atoms with E-state index in [4.69, 9.17) is 5.73 Å². The van der Waals surface area contributed by atoms with Crippen LogP contribution in [-0.2, 0) is 16.6 Å². The number of carboxylic acid groups (broad SMARTS) is 1. The summed E-state index contributed by atoms with van der Waals surface area (Å²) in [5.74, 6) is -2.05. The molecule has 2 aliphatic heterocycles. The number of hydrogen-bond donors (Lipinski definition) is 3. The van der Waals surface area contributed by atoms with Gasteiger partial charge in [0.25, 0.3) is 5.91 Å². The van der Waals surface area contributed by atoms with Crippen molar-refractivity contribution in [1.82, 2.24) is 19.4 Å². The first-order valence-corrected chi connectivity index (χ1v) is 12.1. The fourth-order valence-corrected chi connectivity index (χ4v) is 5.34. The number of nitrogen functional groups attached to an aromatic ring is 1. The van der Waals surface area contributed by atoms with Crippen LogP contribution in [0.25, 0.3) is 11.0 Å². The quantitative estimate of drug-likeness (QED) is 0.359. The van der Waals surface area contributed by atoms with Crippen LogP contribution < -0.4 is 16.7 Å². The summed E-state index contributed by atoms with van der Waals surface area (Å²) in [5, 5.41) is 11.6. The Morgan fingerprint density at radius 2 is 1.73 bits per heavy atom. The van der Waals surface area contributed by atoms with Crippen molar-refractivity contribution in [2.45, 2.75) is 37.6 Å². The summed E-state index contributed by atoms with van der Waals surface area (Å²) in [5.41, 5.74) is 8.07. The normalized spacial score (nSPS) is 18.7. The third kappa shape index (κ3) is 4.26. The highest BCUT2D eigenvalue weighted by Gasteiger charge is 2.32. The first-order valence-electron chi connectivity index (χ1n) is 12.1. The number of carboxylic acids is 1. The number of aryl methyl sites for hydroxylation is 1. The summed E-state index contributed by atoms with van der Waals surface area (Å²) in [6, 6.07) is 9.31. The molecule has 2 saturated heterocycles. The molecule has 0 radical (unpaired) electrons. The SMILES string of the molecule is Cn1c(=O)n(C2CCC(=O)NC2=O)c2ccc(C3CCN(C(=O)c4ccc(N)c(C(=O)O)c4)CC3)cc21.